The average Bonchev–Trinajstić information content (AvgIpc) is 2.93. The molecule has 3 rings (SSSR count). The molecule has 1 saturated carbocycles. The fraction of sp³-hybridized carbons (Fsp3) is 0.625. The van der Waals surface area contributed by atoms with Crippen molar-refractivity contribution in [1.29, 1.82) is 0 Å². The summed E-state index contributed by atoms with van der Waals surface area (Å²) in [5.41, 5.74) is 1.61. The first-order valence-corrected chi connectivity index (χ1v) is 8.10. The van der Waals surface area contributed by atoms with Gasteiger partial charge in [-0.1, -0.05) is 37.0 Å². The Morgan fingerprint density at radius 2 is 2.05 bits per heavy atom. The molecule has 0 radical (unpaired) electrons. The number of anilines is 1. The van der Waals surface area contributed by atoms with Crippen LogP contribution in [-0.4, -0.2) is 26.2 Å². The van der Waals surface area contributed by atoms with E-state index in [2.05, 4.69) is 37.2 Å². The van der Waals surface area contributed by atoms with Crippen LogP contribution >= 0.6 is 23.2 Å². The van der Waals surface area contributed by atoms with Crippen molar-refractivity contribution in [1.82, 2.24) is 5.32 Å². The Kier molecular flexibility index (Phi) is 3.68. The van der Waals surface area contributed by atoms with Gasteiger partial charge in [0.05, 0.1) is 10.0 Å². The summed E-state index contributed by atoms with van der Waals surface area (Å²) < 4.78 is 0. The third-order valence-corrected chi connectivity index (χ3v) is 5.81. The van der Waals surface area contributed by atoms with Gasteiger partial charge in [0.2, 0.25) is 0 Å². The first-order valence-electron chi connectivity index (χ1n) is 7.34. The number of piperidine rings is 1. The molecular weight excluding hydrogens is 291 g/mol. The number of hydrogen-bond donors (Lipinski definition) is 1. The van der Waals surface area contributed by atoms with Crippen LogP contribution in [0.5, 0.6) is 0 Å². The predicted molar refractivity (Wildman–Crippen MR) is 86.9 cm³/mol. The minimum absolute atomic E-state index is 0.453. The zero-order valence-electron chi connectivity index (χ0n) is 12.3. The highest BCUT2D eigenvalue weighted by Gasteiger charge is 2.62. The minimum Gasteiger partial charge on any atom is -0.371 e. The molecule has 4 heteroatoms. The fourth-order valence-electron chi connectivity index (χ4n) is 4.20. The Hall–Kier alpha value is -0.440. The van der Waals surface area contributed by atoms with Crippen LogP contribution in [0.1, 0.15) is 20.3 Å². The van der Waals surface area contributed by atoms with Crippen molar-refractivity contribution in [2.24, 2.45) is 17.3 Å². The van der Waals surface area contributed by atoms with Crippen molar-refractivity contribution in [3.63, 3.8) is 0 Å². The third kappa shape index (κ3) is 2.22. The summed E-state index contributed by atoms with van der Waals surface area (Å²) in [4.78, 5) is 2.40. The van der Waals surface area contributed by atoms with E-state index < -0.39 is 0 Å². The largest absolute Gasteiger partial charge is 0.371 e. The van der Waals surface area contributed by atoms with Crippen LogP contribution in [0.2, 0.25) is 10.0 Å². The van der Waals surface area contributed by atoms with Crippen molar-refractivity contribution >= 4 is 28.9 Å². The van der Waals surface area contributed by atoms with Crippen LogP contribution in [0.25, 0.3) is 0 Å². The van der Waals surface area contributed by atoms with Gasteiger partial charge in [-0.2, -0.15) is 0 Å². The van der Waals surface area contributed by atoms with Crippen LogP contribution < -0.4 is 10.2 Å². The van der Waals surface area contributed by atoms with Gasteiger partial charge in [0, 0.05) is 30.7 Å². The SMILES string of the molecule is CC(C)[C@H](N(C)c1ccc(Cl)c(Cl)c1)[C@]12CNC[C@H]1C2. The molecular formula is C16H22Cl2N2. The molecule has 1 aromatic rings. The second-order valence-electron chi connectivity index (χ2n) is 6.66. The lowest BCUT2D eigenvalue weighted by molar-refractivity contribution is 0.311. The maximum Gasteiger partial charge on any atom is 0.0612 e. The van der Waals surface area contributed by atoms with E-state index in [1.165, 1.54) is 13.0 Å². The first-order chi connectivity index (χ1) is 9.45. The molecule has 110 valence electrons. The topological polar surface area (TPSA) is 15.3 Å². The zero-order valence-corrected chi connectivity index (χ0v) is 13.8. The van der Waals surface area contributed by atoms with Gasteiger partial charge in [-0.25, -0.2) is 0 Å². The maximum absolute atomic E-state index is 6.18. The highest BCUT2D eigenvalue weighted by atomic mass is 35.5. The van der Waals surface area contributed by atoms with Crippen LogP contribution in [-0.2, 0) is 0 Å². The van der Waals surface area contributed by atoms with Crippen LogP contribution in [0, 0.1) is 17.3 Å². The summed E-state index contributed by atoms with van der Waals surface area (Å²) in [5.74, 6) is 1.46. The van der Waals surface area contributed by atoms with E-state index in [1.54, 1.807) is 0 Å². The summed E-state index contributed by atoms with van der Waals surface area (Å²) in [6.07, 6.45) is 1.36. The standard InChI is InChI=1S/C16H22Cl2N2/c1-10(2)15(16-7-11(16)8-19-9-16)20(3)12-4-5-13(17)14(18)6-12/h4-6,10-11,15,19H,7-9H2,1-3H3/t11-,15+,16-/m1/s1. The van der Waals surface area contributed by atoms with Gasteiger partial charge in [0.15, 0.2) is 0 Å². The molecule has 0 unspecified atom stereocenters. The number of nitrogens with zero attached hydrogens (tertiary/aromatic N) is 1. The van der Waals surface area contributed by atoms with Crippen LogP contribution in [0.3, 0.4) is 0 Å². The molecule has 0 aromatic heterocycles. The second kappa shape index (κ2) is 5.08. The number of hydrogen-bond acceptors (Lipinski definition) is 2. The van der Waals surface area contributed by atoms with Gasteiger partial charge in [-0.05, 0) is 43.0 Å². The number of halogens is 2. The first kappa shape index (κ1) is 14.5. The molecule has 1 aromatic carbocycles. The summed E-state index contributed by atoms with van der Waals surface area (Å²) in [6, 6.07) is 6.48. The Labute approximate surface area is 131 Å². The van der Waals surface area contributed by atoms with Gasteiger partial charge < -0.3 is 10.2 Å². The number of rotatable bonds is 4. The van der Waals surface area contributed by atoms with Gasteiger partial charge in [0.25, 0.3) is 0 Å². The Morgan fingerprint density at radius 1 is 1.30 bits per heavy atom. The highest BCUT2D eigenvalue weighted by Crippen LogP contribution is 2.60. The monoisotopic (exact) mass is 312 g/mol. The van der Waals surface area contributed by atoms with Crippen molar-refractivity contribution in [2.75, 3.05) is 25.0 Å². The summed E-state index contributed by atoms with van der Waals surface area (Å²) in [5, 5.41) is 4.80. The van der Waals surface area contributed by atoms with Gasteiger partial charge in [-0.3, -0.25) is 0 Å². The second-order valence-corrected chi connectivity index (χ2v) is 7.48. The third-order valence-electron chi connectivity index (χ3n) is 5.07. The molecule has 2 nitrogen and oxygen atoms in total. The summed E-state index contributed by atoms with van der Waals surface area (Å²) >= 11 is 12.2. The maximum atomic E-state index is 6.18. The van der Waals surface area contributed by atoms with Crippen molar-refractivity contribution in [2.45, 2.75) is 26.3 Å². The Morgan fingerprint density at radius 3 is 2.55 bits per heavy atom. The van der Waals surface area contributed by atoms with E-state index >= 15 is 0 Å². The van der Waals surface area contributed by atoms with Crippen molar-refractivity contribution in [3.8, 4) is 0 Å². The van der Waals surface area contributed by atoms with Gasteiger partial charge >= 0.3 is 0 Å². The van der Waals surface area contributed by atoms with Gasteiger partial charge in [-0.15, -0.1) is 0 Å². The molecule has 0 amide bonds. The number of benzene rings is 1. The normalized spacial score (nSPS) is 29.4. The lowest BCUT2D eigenvalue weighted by Crippen LogP contribution is -2.45. The van der Waals surface area contributed by atoms with E-state index in [9.17, 15) is 0 Å². The van der Waals surface area contributed by atoms with E-state index in [4.69, 9.17) is 23.2 Å². The predicted octanol–water partition coefficient (Wildman–Crippen LogP) is 4.06. The van der Waals surface area contributed by atoms with Crippen molar-refractivity contribution < 1.29 is 0 Å². The minimum atomic E-state index is 0.453. The van der Waals surface area contributed by atoms with E-state index in [-0.39, 0.29) is 0 Å². The highest BCUT2D eigenvalue weighted by molar-refractivity contribution is 6.42. The molecule has 0 spiro atoms. The average molecular weight is 313 g/mol. The molecule has 20 heavy (non-hydrogen) atoms. The van der Waals surface area contributed by atoms with Crippen LogP contribution in [0.4, 0.5) is 5.69 Å². The summed E-state index contributed by atoms with van der Waals surface area (Å²) in [7, 11) is 2.19. The molecule has 1 heterocycles. The molecule has 0 bridgehead atoms. The lowest BCUT2D eigenvalue weighted by Gasteiger charge is -2.39. The van der Waals surface area contributed by atoms with Crippen LogP contribution in [0.15, 0.2) is 18.2 Å². The van der Waals surface area contributed by atoms with Crippen molar-refractivity contribution in [3.05, 3.63) is 28.2 Å². The molecule has 2 fully saturated rings. The Bertz CT molecular complexity index is 517. The Balaban J connectivity index is 1.89. The molecule has 1 saturated heterocycles. The fourth-order valence-corrected chi connectivity index (χ4v) is 4.49. The number of nitrogens with one attached hydrogen (secondary N) is 1. The van der Waals surface area contributed by atoms with E-state index in [0.29, 0.717) is 27.4 Å². The summed E-state index contributed by atoms with van der Waals surface area (Å²) in [6.45, 7) is 6.97. The quantitative estimate of drug-likeness (QED) is 0.901. The molecule has 3 atom stereocenters. The molecule has 1 aliphatic heterocycles. The molecule has 1 N–H and O–H groups in total. The van der Waals surface area contributed by atoms with E-state index in [1.807, 2.05) is 12.1 Å². The van der Waals surface area contributed by atoms with Gasteiger partial charge in [0.1, 0.15) is 0 Å². The lowest BCUT2D eigenvalue weighted by atomic mass is 9.85. The molecule has 2 aliphatic rings. The van der Waals surface area contributed by atoms with E-state index in [0.717, 1.165) is 18.2 Å². The zero-order chi connectivity index (χ0) is 14.5. The number of fused-ring (bicyclic) bond motifs is 1. The smallest absolute Gasteiger partial charge is 0.0612 e. The molecule has 1 aliphatic carbocycles.